The molecule has 0 aliphatic carbocycles. The van der Waals surface area contributed by atoms with Crippen molar-refractivity contribution in [2.24, 2.45) is 5.73 Å². The molecule has 4 N–H and O–H groups in total. The maximum Gasteiger partial charge on any atom is 0.248 e. The maximum atomic E-state index is 11.3. The first-order valence-corrected chi connectivity index (χ1v) is 9.21. The number of nitrogens with two attached hydrogens (primary N) is 1. The van der Waals surface area contributed by atoms with Gasteiger partial charge < -0.3 is 15.8 Å². The van der Waals surface area contributed by atoms with Gasteiger partial charge in [0.15, 0.2) is 0 Å². The van der Waals surface area contributed by atoms with Gasteiger partial charge in [-0.2, -0.15) is 0 Å². The zero-order valence-corrected chi connectivity index (χ0v) is 16.0. The summed E-state index contributed by atoms with van der Waals surface area (Å²) in [6.45, 7) is 0. The number of benzene rings is 3. The third kappa shape index (κ3) is 3.47. The topological polar surface area (TPSA) is 92.0 Å². The van der Waals surface area contributed by atoms with Crippen molar-refractivity contribution in [2.75, 3.05) is 0 Å². The number of aromatic amines is 1. The van der Waals surface area contributed by atoms with Crippen LogP contribution in [0, 0.1) is 0 Å². The minimum Gasteiger partial charge on any atom is -0.384 e. The van der Waals surface area contributed by atoms with Crippen LogP contribution < -0.4 is 5.73 Å². The van der Waals surface area contributed by atoms with Crippen molar-refractivity contribution < 1.29 is 9.90 Å². The lowest BCUT2D eigenvalue weighted by atomic mass is 10.0. The van der Waals surface area contributed by atoms with Crippen molar-refractivity contribution in [1.82, 2.24) is 9.97 Å². The normalized spacial score (nSPS) is 12.2. The third-order valence-corrected chi connectivity index (χ3v) is 5.26. The molecule has 4 rings (SSSR count). The van der Waals surface area contributed by atoms with Crippen molar-refractivity contribution in [2.45, 2.75) is 6.10 Å². The van der Waals surface area contributed by atoms with Crippen LogP contribution in [0.25, 0.3) is 22.4 Å². The first kappa shape index (κ1) is 18.5. The van der Waals surface area contributed by atoms with E-state index in [1.807, 2.05) is 24.3 Å². The summed E-state index contributed by atoms with van der Waals surface area (Å²) in [6.07, 6.45) is -0.822. The monoisotopic (exact) mass is 411 g/mol. The lowest BCUT2D eigenvalue weighted by Gasteiger charge is -2.12. The van der Waals surface area contributed by atoms with Gasteiger partial charge in [0, 0.05) is 11.1 Å². The molecule has 0 spiro atoms. The van der Waals surface area contributed by atoms with Crippen molar-refractivity contribution in [1.29, 1.82) is 0 Å². The highest BCUT2D eigenvalue weighted by Crippen LogP contribution is 2.30. The van der Waals surface area contributed by atoms with Gasteiger partial charge in [-0.3, -0.25) is 4.79 Å². The van der Waals surface area contributed by atoms with Gasteiger partial charge in [0.25, 0.3) is 0 Å². The van der Waals surface area contributed by atoms with Crippen LogP contribution in [0.5, 0.6) is 0 Å². The van der Waals surface area contributed by atoms with Crippen LogP contribution in [0.15, 0.2) is 60.7 Å². The number of fused-ring (bicyclic) bond motifs is 1. The van der Waals surface area contributed by atoms with Gasteiger partial charge in [0.1, 0.15) is 11.9 Å². The number of nitrogens with zero attached hydrogens (tertiary/aromatic N) is 1. The summed E-state index contributed by atoms with van der Waals surface area (Å²) < 4.78 is 0. The van der Waals surface area contributed by atoms with Crippen LogP contribution in [0.2, 0.25) is 10.0 Å². The number of primary amides is 1. The van der Waals surface area contributed by atoms with Crippen molar-refractivity contribution in [3.8, 4) is 11.4 Å². The Hall–Kier alpha value is -2.86. The minimum absolute atomic E-state index is 0.396. The Balaban J connectivity index is 1.63. The predicted molar refractivity (Wildman–Crippen MR) is 111 cm³/mol. The molecule has 0 aliphatic heterocycles. The molecule has 0 bridgehead atoms. The van der Waals surface area contributed by atoms with E-state index in [1.165, 1.54) is 0 Å². The number of H-pyrrole nitrogens is 1. The lowest BCUT2D eigenvalue weighted by molar-refractivity contribution is 0.100. The number of aliphatic hydroxyl groups excluding tert-OH is 1. The number of imidazole rings is 1. The van der Waals surface area contributed by atoms with Gasteiger partial charge in [0.05, 0.1) is 21.1 Å². The van der Waals surface area contributed by atoms with E-state index >= 15 is 0 Å². The molecule has 1 amide bonds. The summed E-state index contributed by atoms with van der Waals surface area (Å²) in [7, 11) is 0. The third-order valence-electron chi connectivity index (χ3n) is 4.53. The first-order chi connectivity index (χ1) is 13.4. The second-order valence-electron chi connectivity index (χ2n) is 6.38. The van der Waals surface area contributed by atoms with E-state index in [0.717, 1.165) is 16.6 Å². The Bertz CT molecular complexity index is 1190. The van der Waals surface area contributed by atoms with E-state index in [2.05, 4.69) is 9.97 Å². The van der Waals surface area contributed by atoms with Gasteiger partial charge >= 0.3 is 0 Å². The Labute approximate surface area is 170 Å². The highest BCUT2D eigenvalue weighted by molar-refractivity contribution is 6.42. The molecule has 4 aromatic rings. The van der Waals surface area contributed by atoms with Gasteiger partial charge in [-0.05, 0) is 41.5 Å². The van der Waals surface area contributed by atoms with Crippen molar-refractivity contribution >= 4 is 40.1 Å². The van der Waals surface area contributed by atoms with E-state index < -0.39 is 12.0 Å². The Morgan fingerprint density at radius 2 is 1.68 bits per heavy atom. The number of carbonyl (C=O) groups is 1. The molecule has 0 fully saturated rings. The van der Waals surface area contributed by atoms with E-state index in [9.17, 15) is 9.90 Å². The number of aromatic nitrogens is 2. The second-order valence-corrected chi connectivity index (χ2v) is 7.19. The number of amides is 1. The molecule has 1 unspecified atom stereocenters. The highest BCUT2D eigenvalue weighted by atomic mass is 35.5. The smallest absolute Gasteiger partial charge is 0.248 e. The molecule has 7 heteroatoms. The Kier molecular flexibility index (Phi) is 4.81. The maximum absolute atomic E-state index is 11.3. The van der Waals surface area contributed by atoms with E-state index in [0.29, 0.717) is 32.6 Å². The first-order valence-electron chi connectivity index (χ1n) is 8.45. The average Bonchev–Trinajstić information content (AvgIpc) is 3.13. The van der Waals surface area contributed by atoms with E-state index in [1.54, 1.807) is 36.4 Å². The van der Waals surface area contributed by atoms with Crippen LogP contribution in [0.1, 0.15) is 27.6 Å². The summed E-state index contributed by atoms with van der Waals surface area (Å²) in [4.78, 5) is 19.1. The number of carbonyl (C=O) groups excluding carboxylic acids is 1. The molecule has 0 radical (unpaired) electrons. The highest BCUT2D eigenvalue weighted by Gasteiger charge is 2.13. The van der Waals surface area contributed by atoms with Crippen LogP contribution >= 0.6 is 23.2 Å². The molecular formula is C21H15Cl2N3O2. The number of halogens is 2. The SMILES string of the molecule is NC(=O)c1ccc2nc(-c3ccc(C(O)c4ccc(Cl)c(Cl)c4)cc3)[nH]c2c1. The summed E-state index contributed by atoms with van der Waals surface area (Å²) in [5.74, 6) is 0.172. The largest absolute Gasteiger partial charge is 0.384 e. The number of rotatable bonds is 4. The zero-order valence-electron chi connectivity index (χ0n) is 14.5. The van der Waals surface area contributed by atoms with Gasteiger partial charge in [-0.25, -0.2) is 4.98 Å². The van der Waals surface area contributed by atoms with Crippen LogP contribution in [-0.2, 0) is 0 Å². The fourth-order valence-electron chi connectivity index (χ4n) is 3.00. The van der Waals surface area contributed by atoms with Crippen molar-refractivity contribution in [3.05, 3.63) is 87.4 Å². The number of aliphatic hydroxyl groups is 1. The molecule has 5 nitrogen and oxygen atoms in total. The van der Waals surface area contributed by atoms with E-state index in [-0.39, 0.29) is 0 Å². The van der Waals surface area contributed by atoms with Crippen molar-refractivity contribution in [3.63, 3.8) is 0 Å². The van der Waals surface area contributed by atoms with Gasteiger partial charge in [0.2, 0.25) is 5.91 Å². The quantitative estimate of drug-likeness (QED) is 0.453. The molecule has 28 heavy (non-hydrogen) atoms. The van der Waals surface area contributed by atoms with E-state index in [4.69, 9.17) is 28.9 Å². The molecule has 1 atom stereocenters. The molecule has 0 aliphatic rings. The number of hydrogen-bond donors (Lipinski definition) is 3. The predicted octanol–water partition coefficient (Wildman–Crippen LogP) is 4.72. The molecule has 140 valence electrons. The lowest BCUT2D eigenvalue weighted by Crippen LogP contribution is -2.10. The fourth-order valence-corrected chi connectivity index (χ4v) is 3.30. The van der Waals surface area contributed by atoms with Crippen LogP contribution in [-0.4, -0.2) is 21.0 Å². The van der Waals surface area contributed by atoms with Gasteiger partial charge in [-0.15, -0.1) is 0 Å². The second kappa shape index (κ2) is 7.28. The molecule has 0 saturated heterocycles. The Morgan fingerprint density at radius 3 is 2.36 bits per heavy atom. The Morgan fingerprint density at radius 1 is 0.964 bits per heavy atom. The summed E-state index contributed by atoms with van der Waals surface area (Å²) in [5, 5.41) is 11.4. The van der Waals surface area contributed by atoms with Crippen LogP contribution in [0.3, 0.4) is 0 Å². The molecule has 1 aromatic heterocycles. The molecular weight excluding hydrogens is 397 g/mol. The summed E-state index contributed by atoms with van der Waals surface area (Å²) >= 11 is 12.0. The zero-order chi connectivity index (χ0) is 19.8. The molecule has 1 heterocycles. The van der Waals surface area contributed by atoms with Crippen LogP contribution in [0.4, 0.5) is 0 Å². The summed E-state index contributed by atoms with van der Waals surface area (Å²) in [5.41, 5.74) is 9.43. The number of nitrogens with one attached hydrogen (secondary N) is 1. The molecule has 3 aromatic carbocycles. The fraction of sp³-hybridized carbons (Fsp3) is 0.0476. The minimum atomic E-state index is -0.822. The summed E-state index contributed by atoms with van der Waals surface area (Å²) in [6, 6.07) is 17.5. The average molecular weight is 412 g/mol. The standard InChI is InChI=1S/C21H15Cl2N3O2/c22-15-7-5-13(9-16(15)23)19(27)11-1-3-12(4-2-11)21-25-17-8-6-14(20(24)28)10-18(17)26-21/h1-10,19,27H,(H2,24,28)(H,25,26). The van der Waals surface area contributed by atoms with Gasteiger partial charge in [-0.1, -0.05) is 53.5 Å². The number of hydrogen-bond acceptors (Lipinski definition) is 3. The molecule has 0 saturated carbocycles.